The smallest absolute Gasteiger partial charge is 0.0205 e. The molecule has 0 bridgehead atoms. The molecular formula is C15H23BrN2. The Bertz CT molecular complexity index is 367. The Morgan fingerprint density at radius 2 is 2.28 bits per heavy atom. The lowest BCUT2D eigenvalue weighted by Gasteiger charge is -2.32. The molecule has 2 nitrogen and oxygen atoms in total. The molecule has 1 atom stereocenters. The number of hydrogen-bond donors (Lipinski definition) is 1. The minimum Gasteiger partial charge on any atom is -0.313 e. The molecule has 2 rings (SSSR count). The van der Waals surface area contributed by atoms with Crippen LogP contribution in [0.5, 0.6) is 0 Å². The number of nitrogens with one attached hydrogen (secondary N) is 1. The fourth-order valence-electron chi connectivity index (χ4n) is 2.66. The van der Waals surface area contributed by atoms with Crippen molar-refractivity contribution in [1.29, 1.82) is 0 Å². The van der Waals surface area contributed by atoms with Crippen LogP contribution in [0.3, 0.4) is 0 Å². The highest BCUT2D eigenvalue weighted by molar-refractivity contribution is 9.10. The van der Waals surface area contributed by atoms with Gasteiger partial charge in [-0.1, -0.05) is 34.5 Å². The average Bonchev–Trinajstić information content (AvgIpc) is 2.37. The maximum absolute atomic E-state index is 3.55. The van der Waals surface area contributed by atoms with Crippen LogP contribution >= 0.6 is 15.9 Å². The SMILES string of the molecule is CN1CCCCC1CCNCc1cccc(Br)c1. The van der Waals surface area contributed by atoms with E-state index < -0.39 is 0 Å². The molecular weight excluding hydrogens is 288 g/mol. The van der Waals surface area contributed by atoms with Crippen LogP contribution in [0.25, 0.3) is 0 Å². The summed E-state index contributed by atoms with van der Waals surface area (Å²) in [7, 11) is 2.26. The zero-order valence-corrected chi connectivity index (χ0v) is 12.7. The lowest BCUT2D eigenvalue weighted by Crippen LogP contribution is -2.38. The summed E-state index contributed by atoms with van der Waals surface area (Å²) in [5.74, 6) is 0. The maximum Gasteiger partial charge on any atom is 0.0205 e. The van der Waals surface area contributed by atoms with Gasteiger partial charge in [-0.05, 0) is 57.1 Å². The standard InChI is InChI=1S/C15H23BrN2/c1-18-10-3-2-7-15(18)8-9-17-12-13-5-4-6-14(16)11-13/h4-6,11,15,17H,2-3,7-10,12H2,1H3. The summed E-state index contributed by atoms with van der Waals surface area (Å²) >= 11 is 3.51. The molecule has 0 aliphatic carbocycles. The quantitative estimate of drug-likeness (QED) is 0.838. The molecule has 1 fully saturated rings. The van der Waals surface area contributed by atoms with Crippen LogP contribution in [0, 0.1) is 0 Å². The molecule has 0 aromatic heterocycles. The largest absolute Gasteiger partial charge is 0.313 e. The predicted molar refractivity (Wildman–Crippen MR) is 80.7 cm³/mol. The van der Waals surface area contributed by atoms with Crippen LogP contribution in [0.1, 0.15) is 31.2 Å². The number of halogens is 1. The van der Waals surface area contributed by atoms with Crippen molar-refractivity contribution in [2.45, 2.75) is 38.3 Å². The van der Waals surface area contributed by atoms with Crippen LogP contribution in [-0.2, 0) is 6.54 Å². The summed E-state index contributed by atoms with van der Waals surface area (Å²) in [6, 6.07) is 9.30. The molecule has 0 spiro atoms. The van der Waals surface area contributed by atoms with Gasteiger partial charge in [0.05, 0.1) is 0 Å². The van der Waals surface area contributed by atoms with E-state index in [2.05, 4.69) is 57.5 Å². The Balaban J connectivity index is 1.66. The van der Waals surface area contributed by atoms with Crippen LogP contribution in [0.15, 0.2) is 28.7 Å². The number of nitrogens with zero attached hydrogens (tertiary/aromatic N) is 1. The van der Waals surface area contributed by atoms with E-state index in [0.717, 1.165) is 23.6 Å². The molecule has 0 amide bonds. The van der Waals surface area contributed by atoms with E-state index in [0.29, 0.717) is 0 Å². The maximum atomic E-state index is 3.55. The highest BCUT2D eigenvalue weighted by atomic mass is 79.9. The second kappa shape index (κ2) is 7.27. The summed E-state index contributed by atoms with van der Waals surface area (Å²) in [5.41, 5.74) is 1.35. The topological polar surface area (TPSA) is 15.3 Å². The number of rotatable bonds is 5. The predicted octanol–water partition coefficient (Wildman–Crippen LogP) is 3.41. The van der Waals surface area contributed by atoms with Gasteiger partial charge in [0.1, 0.15) is 0 Å². The molecule has 1 heterocycles. The highest BCUT2D eigenvalue weighted by Crippen LogP contribution is 2.17. The summed E-state index contributed by atoms with van der Waals surface area (Å²) in [4.78, 5) is 2.52. The summed E-state index contributed by atoms with van der Waals surface area (Å²) in [6.45, 7) is 3.35. The minimum atomic E-state index is 0.786. The molecule has 100 valence electrons. The first kappa shape index (κ1) is 14.0. The summed E-state index contributed by atoms with van der Waals surface area (Å²) < 4.78 is 1.16. The third-order valence-corrected chi connectivity index (χ3v) is 4.29. The van der Waals surface area contributed by atoms with E-state index in [9.17, 15) is 0 Å². The van der Waals surface area contributed by atoms with Crippen LogP contribution in [0.4, 0.5) is 0 Å². The van der Waals surface area contributed by atoms with E-state index in [4.69, 9.17) is 0 Å². The highest BCUT2D eigenvalue weighted by Gasteiger charge is 2.17. The zero-order chi connectivity index (χ0) is 12.8. The van der Waals surface area contributed by atoms with Crippen LogP contribution < -0.4 is 5.32 Å². The Kier molecular flexibility index (Phi) is 5.67. The lowest BCUT2D eigenvalue weighted by molar-refractivity contribution is 0.175. The molecule has 18 heavy (non-hydrogen) atoms. The van der Waals surface area contributed by atoms with Gasteiger partial charge in [0, 0.05) is 17.1 Å². The molecule has 1 unspecified atom stereocenters. The molecule has 3 heteroatoms. The van der Waals surface area contributed by atoms with Crippen molar-refractivity contribution >= 4 is 15.9 Å². The molecule has 0 saturated carbocycles. The molecule has 1 aliphatic rings. The van der Waals surface area contributed by atoms with Gasteiger partial charge in [0.2, 0.25) is 0 Å². The lowest BCUT2D eigenvalue weighted by atomic mass is 10.0. The third-order valence-electron chi connectivity index (χ3n) is 3.79. The van der Waals surface area contributed by atoms with Crippen molar-refractivity contribution in [2.75, 3.05) is 20.1 Å². The Morgan fingerprint density at radius 3 is 3.06 bits per heavy atom. The van der Waals surface area contributed by atoms with Gasteiger partial charge in [-0.3, -0.25) is 0 Å². The van der Waals surface area contributed by atoms with Gasteiger partial charge < -0.3 is 10.2 Å². The monoisotopic (exact) mass is 310 g/mol. The molecule has 1 aromatic carbocycles. The van der Waals surface area contributed by atoms with Gasteiger partial charge in [-0.15, -0.1) is 0 Å². The van der Waals surface area contributed by atoms with Gasteiger partial charge in [0.15, 0.2) is 0 Å². The van der Waals surface area contributed by atoms with E-state index in [1.54, 1.807) is 0 Å². The van der Waals surface area contributed by atoms with E-state index in [1.807, 2.05) is 0 Å². The van der Waals surface area contributed by atoms with Crippen molar-refractivity contribution in [3.63, 3.8) is 0 Å². The van der Waals surface area contributed by atoms with Crippen molar-refractivity contribution < 1.29 is 0 Å². The molecule has 0 radical (unpaired) electrons. The summed E-state index contributed by atoms with van der Waals surface area (Å²) in [5, 5.41) is 3.55. The van der Waals surface area contributed by atoms with Gasteiger partial charge in [-0.25, -0.2) is 0 Å². The zero-order valence-electron chi connectivity index (χ0n) is 11.2. The van der Waals surface area contributed by atoms with Crippen molar-refractivity contribution in [3.05, 3.63) is 34.3 Å². The van der Waals surface area contributed by atoms with Crippen molar-refractivity contribution in [2.24, 2.45) is 0 Å². The second-order valence-corrected chi connectivity index (χ2v) is 6.14. The number of hydrogen-bond acceptors (Lipinski definition) is 2. The first-order chi connectivity index (χ1) is 8.75. The van der Waals surface area contributed by atoms with Gasteiger partial charge >= 0.3 is 0 Å². The van der Waals surface area contributed by atoms with Gasteiger partial charge in [0.25, 0.3) is 0 Å². The van der Waals surface area contributed by atoms with E-state index in [1.165, 1.54) is 37.8 Å². The molecule has 1 saturated heterocycles. The summed E-state index contributed by atoms with van der Waals surface area (Å²) in [6.07, 6.45) is 5.42. The third kappa shape index (κ3) is 4.38. The number of piperidine rings is 1. The first-order valence-corrected chi connectivity index (χ1v) is 7.70. The Morgan fingerprint density at radius 1 is 1.39 bits per heavy atom. The second-order valence-electron chi connectivity index (χ2n) is 5.23. The fourth-order valence-corrected chi connectivity index (χ4v) is 3.10. The van der Waals surface area contributed by atoms with Gasteiger partial charge in [-0.2, -0.15) is 0 Å². The van der Waals surface area contributed by atoms with Crippen molar-refractivity contribution in [1.82, 2.24) is 10.2 Å². The fraction of sp³-hybridized carbons (Fsp3) is 0.600. The molecule has 1 aromatic rings. The van der Waals surface area contributed by atoms with Crippen molar-refractivity contribution in [3.8, 4) is 0 Å². The Labute approximate surface area is 119 Å². The molecule has 1 N–H and O–H groups in total. The number of likely N-dealkylation sites (tertiary alicyclic amines) is 1. The molecule has 1 aliphatic heterocycles. The van der Waals surface area contributed by atoms with Crippen LogP contribution in [-0.4, -0.2) is 31.1 Å². The first-order valence-electron chi connectivity index (χ1n) is 6.91. The van der Waals surface area contributed by atoms with E-state index >= 15 is 0 Å². The number of benzene rings is 1. The van der Waals surface area contributed by atoms with E-state index in [-0.39, 0.29) is 0 Å². The minimum absolute atomic E-state index is 0.786. The average molecular weight is 311 g/mol. The van der Waals surface area contributed by atoms with Crippen LogP contribution in [0.2, 0.25) is 0 Å². The Hall–Kier alpha value is -0.380. The normalized spacial score (nSPS) is 21.1.